The first kappa shape index (κ1) is 22.1. The van der Waals surface area contributed by atoms with Crippen LogP contribution < -0.4 is 14.4 Å². The second-order valence-electron chi connectivity index (χ2n) is 9.21. The zero-order valence-corrected chi connectivity index (χ0v) is 20.0. The molecule has 34 heavy (non-hydrogen) atoms. The second kappa shape index (κ2) is 7.65. The molecule has 0 aromatic heterocycles. The number of carbonyl (C=O) groups is 1. The lowest BCUT2D eigenvalue weighted by atomic mass is 9.77. The molecule has 0 aliphatic carbocycles. The molecule has 1 N–H and O–H groups in total. The fraction of sp³-hybridized carbons (Fsp3) is 0.333. The Labute approximate surface area is 198 Å². The highest BCUT2D eigenvalue weighted by Gasteiger charge is 2.59. The molecule has 0 bridgehead atoms. The van der Waals surface area contributed by atoms with Crippen LogP contribution >= 0.6 is 0 Å². The standard InChI is InChI=1S/C27H28N2O5/c1-6-11-29-21-9-8-17(32-4)13-20(21)26(2,3)27(29)15-28-24-18-14-19(25(31)33-5)22(30)12-16(18)7-10-23(24)34-27/h7-10,12-15,30H,6,11H2,1-5H3. The molecular weight excluding hydrogens is 432 g/mol. The zero-order chi connectivity index (χ0) is 24.3. The summed E-state index contributed by atoms with van der Waals surface area (Å²) >= 11 is 0. The summed E-state index contributed by atoms with van der Waals surface area (Å²) in [5.41, 5.74) is 1.67. The van der Waals surface area contributed by atoms with Crippen molar-refractivity contribution in [2.75, 3.05) is 25.7 Å². The van der Waals surface area contributed by atoms with Gasteiger partial charge in [0.05, 0.1) is 25.8 Å². The van der Waals surface area contributed by atoms with Crippen molar-refractivity contribution in [2.45, 2.75) is 38.3 Å². The van der Waals surface area contributed by atoms with Crippen LogP contribution in [0.2, 0.25) is 0 Å². The van der Waals surface area contributed by atoms with Crippen LogP contribution in [0.25, 0.3) is 10.8 Å². The van der Waals surface area contributed by atoms with Gasteiger partial charge in [-0.1, -0.05) is 13.0 Å². The molecule has 1 atom stereocenters. The summed E-state index contributed by atoms with van der Waals surface area (Å²) in [7, 11) is 2.96. The molecule has 5 rings (SSSR count). The van der Waals surface area contributed by atoms with Gasteiger partial charge in [-0.05, 0) is 67.6 Å². The van der Waals surface area contributed by atoms with E-state index < -0.39 is 17.1 Å². The number of benzene rings is 3. The molecule has 0 fully saturated rings. The molecule has 0 saturated carbocycles. The zero-order valence-electron chi connectivity index (χ0n) is 20.0. The minimum Gasteiger partial charge on any atom is -0.507 e. The summed E-state index contributed by atoms with van der Waals surface area (Å²) in [6.45, 7) is 7.25. The van der Waals surface area contributed by atoms with Crippen molar-refractivity contribution in [2.24, 2.45) is 4.99 Å². The molecule has 176 valence electrons. The highest BCUT2D eigenvalue weighted by atomic mass is 16.5. The summed E-state index contributed by atoms with van der Waals surface area (Å²) < 4.78 is 17.2. The number of nitrogens with zero attached hydrogens (tertiary/aromatic N) is 2. The average molecular weight is 461 g/mol. The first-order valence-corrected chi connectivity index (χ1v) is 11.4. The summed E-state index contributed by atoms with van der Waals surface area (Å²) in [5, 5.41) is 11.8. The Morgan fingerprint density at radius 3 is 2.65 bits per heavy atom. The van der Waals surface area contributed by atoms with Gasteiger partial charge in [-0.3, -0.25) is 4.99 Å². The topological polar surface area (TPSA) is 80.6 Å². The number of esters is 1. The molecule has 1 spiro atoms. The van der Waals surface area contributed by atoms with Crippen molar-refractivity contribution in [3.8, 4) is 17.2 Å². The highest BCUT2D eigenvalue weighted by molar-refractivity contribution is 6.05. The molecule has 1 unspecified atom stereocenters. The SMILES string of the molecule is CCCN1c2ccc(OC)cc2C(C)(C)C12C=Nc1c(ccc3cc(O)c(C(=O)OC)cc13)O2. The van der Waals surface area contributed by atoms with Crippen LogP contribution in [0.4, 0.5) is 11.4 Å². The van der Waals surface area contributed by atoms with Crippen LogP contribution in [-0.2, 0) is 10.2 Å². The number of anilines is 1. The predicted octanol–water partition coefficient (Wildman–Crippen LogP) is 5.34. The fourth-order valence-electron chi connectivity index (χ4n) is 5.17. The Kier molecular flexibility index (Phi) is 4.97. The number of hydrogen-bond acceptors (Lipinski definition) is 7. The van der Waals surface area contributed by atoms with Gasteiger partial charge in [0.15, 0.2) is 0 Å². The third-order valence-electron chi connectivity index (χ3n) is 7.02. The van der Waals surface area contributed by atoms with Gasteiger partial charge in [0.1, 0.15) is 28.5 Å². The lowest BCUT2D eigenvalue weighted by Gasteiger charge is -2.46. The number of aromatic hydroxyl groups is 1. The van der Waals surface area contributed by atoms with E-state index in [2.05, 4.69) is 37.8 Å². The van der Waals surface area contributed by atoms with E-state index in [0.717, 1.165) is 35.4 Å². The minimum absolute atomic E-state index is 0.0900. The van der Waals surface area contributed by atoms with E-state index in [1.165, 1.54) is 7.11 Å². The van der Waals surface area contributed by atoms with Gasteiger partial charge in [-0.15, -0.1) is 0 Å². The van der Waals surface area contributed by atoms with Crippen molar-refractivity contribution in [3.63, 3.8) is 0 Å². The van der Waals surface area contributed by atoms with E-state index in [1.54, 1.807) is 19.2 Å². The van der Waals surface area contributed by atoms with Crippen molar-refractivity contribution >= 4 is 34.3 Å². The fourth-order valence-corrected chi connectivity index (χ4v) is 5.17. The number of rotatable bonds is 4. The predicted molar refractivity (Wildman–Crippen MR) is 132 cm³/mol. The highest BCUT2D eigenvalue weighted by Crippen LogP contribution is 2.55. The number of fused-ring (bicyclic) bond motifs is 4. The quantitative estimate of drug-likeness (QED) is 0.530. The largest absolute Gasteiger partial charge is 0.507 e. The van der Waals surface area contributed by atoms with Crippen LogP contribution in [0.15, 0.2) is 47.5 Å². The number of hydrogen-bond donors (Lipinski definition) is 1. The van der Waals surface area contributed by atoms with Gasteiger partial charge in [0, 0.05) is 17.6 Å². The normalized spacial score (nSPS) is 19.6. The maximum atomic E-state index is 12.2. The first-order chi connectivity index (χ1) is 16.3. The first-order valence-electron chi connectivity index (χ1n) is 11.4. The lowest BCUT2D eigenvalue weighted by Crippen LogP contribution is -2.62. The Morgan fingerprint density at radius 2 is 1.94 bits per heavy atom. The van der Waals surface area contributed by atoms with E-state index in [-0.39, 0.29) is 11.3 Å². The second-order valence-corrected chi connectivity index (χ2v) is 9.21. The van der Waals surface area contributed by atoms with E-state index >= 15 is 0 Å². The van der Waals surface area contributed by atoms with Crippen LogP contribution in [0.3, 0.4) is 0 Å². The monoisotopic (exact) mass is 460 g/mol. The third-order valence-corrected chi connectivity index (χ3v) is 7.02. The molecule has 7 nitrogen and oxygen atoms in total. The number of methoxy groups -OCH3 is 2. The molecule has 3 aromatic rings. The Hall–Kier alpha value is -3.74. The molecule has 7 heteroatoms. The smallest absolute Gasteiger partial charge is 0.341 e. The molecular formula is C27H28N2O5. The number of phenols is 1. The maximum absolute atomic E-state index is 12.2. The Bertz CT molecular complexity index is 1350. The van der Waals surface area contributed by atoms with E-state index in [4.69, 9.17) is 19.2 Å². The van der Waals surface area contributed by atoms with E-state index in [9.17, 15) is 9.90 Å². The molecule has 0 amide bonds. The third kappa shape index (κ3) is 2.89. The van der Waals surface area contributed by atoms with E-state index in [1.807, 2.05) is 24.4 Å². The summed E-state index contributed by atoms with van der Waals surface area (Å²) in [5.74, 6) is 0.677. The van der Waals surface area contributed by atoms with Crippen LogP contribution in [0, 0.1) is 0 Å². The van der Waals surface area contributed by atoms with Gasteiger partial charge in [0.25, 0.3) is 0 Å². The summed E-state index contributed by atoms with van der Waals surface area (Å²) in [4.78, 5) is 19.3. The van der Waals surface area contributed by atoms with E-state index in [0.29, 0.717) is 16.8 Å². The van der Waals surface area contributed by atoms with Gasteiger partial charge in [-0.25, -0.2) is 4.79 Å². The number of ether oxygens (including phenoxy) is 3. The van der Waals surface area contributed by atoms with Crippen molar-refractivity contribution in [1.82, 2.24) is 0 Å². The van der Waals surface area contributed by atoms with Crippen molar-refractivity contribution < 1.29 is 24.1 Å². The van der Waals surface area contributed by atoms with Crippen LogP contribution in [0.1, 0.15) is 43.1 Å². The molecule has 0 radical (unpaired) electrons. The van der Waals surface area contributed by atoms with Crippen molar-refractivity contribution in [1.29, 1.82) is 0 Å². The van der Waals surface area contributed by atoms with Gasteiger partial charge in [0.2, 0.25) is 5.72 Å². The molecule has 2 aliphatic rings. The number of aliphatic imine (C=N–C) groups is 1. The van der Waals surface area contributed by atoms with Gasteiger partial charge in [-0.2, -0.15) is 0 Å². The van der Waals surface area contributed by atoms with Gasteiger partial charge < -0.3 is 24.2 Å². The number of carbonyl (C=O) groups excluding carboxylic acids is 1. The molecule has 2 aliphatic heterocycles. The van der Waals surface area contributed by atoms with Crippen molar-refractivity contribution in [3.05, 3.63) is 53.6 Å². The van der Waals surface area contributed by atoms with Crippen LogP contribution in [-0.4, -0.2) is 43.8 Å². The minimum atomic E-state index is -0.833. The number of phenolic OH excluding ortho intramolecular Hbond substituents is 1. The summed E-state index contributed by atoms with van der Waals surface area (Å²) in [6, 6.07) is 13.0. The Morgan fingerprint density at radius 1 is 1.15 bits per heavy atom. The molecule has 2 heterocycles. The van der Waals surface area contributed by atoms with Gasteiger partial charge >= 0.3 is 5.97 Å². The Balaban J connectivity index is 1.68. The molecule has 0 saturated heterocycles. The maximum Gasteiger partial charge on any atom is 0.341 e. The summed E-state index contributed by atoms with van der Waals surface area (Å²) in [6.07, 6.45) is 2.81. The average Bonchev–Trinajstić information content (AvgIpc) is 3.01. The lowest BCUT2D eigenvalue weighted by molar-refractivity contribution is 0.0597. The van der Waals surface area contributed by atoms with Crippen LogP contribution in [0.5, 0.6) is 17.2 Å². The molecule has 3 aromatic carbocycles.